The highest BCUT2D eigenvalue weighted by Crippen LogP contribution is 2.24. The van der Waals surface area contributed by atoms with Crippen LogP contribution in [0.2, 0.25) is 0 Å². The number of carboxylic acids is 1. The predicted octanol–water partition coefficient (Wildman–Crippen LogP) is 3.63. The van der Waals surface area contributed by atoms with Crippen LogP contribution < -0.4 is 0 Å². The van der Waals surface area contributed by atoms with Crippen LogP contribution in [0.25, 0.3) is 0 Å². The van der Waals surface area contributed by atoms with Crippen LogP contribution in [-0.2, 0) is 17.7 Å². The molecule has 1 N–H and O–H groups in total. The van der Waals surface area contributed by atoms with Crippen molar-refractivity contribution in [3.63, 3.8) is 0 Å². The minimum Gasteiger partial charge on any atom is -0.478 e. The molecule has 2 aromatic carbocycles. The first-order valence-corrected chi connectivity index (χ1v) is 9.27. The molecular weight excluding hydrogens is 342 g/mol. The van der Waals surface area contributed by atoms with Gasteiger partial charge in [-0.25, -0.2) is 9.59 Å². The summed E-state index contributed by atoms with van der Waals surface area (Å²) in [6, 6.07) is 14.8. The van der Waals surface area contributed by atoms with Gasteiger partial charge in [0.05, 0.1) is 18.2 Å². The van der Waals surface area contributed by atoms with Crippen molar-refractivity contribution >= 4 is 11.9 Å². The lowest BCUT2D eigenvalue weighted by Crippen LogP contribution is -2.34. The van der Waals surface area contributed by atoms with Crippen molar-refractivity contribution in [3.05, 3.63) is 70.8 Å². The van der Waals surface area contributed by atoms with E-state index in [1.165, 1.54) is 7.11 Å². The van der Waals surface area contributed by atoms with E-state index < -0.39 is 5.97 Å². The Morgan fingerprint density at radius 3 is 2.37 bits per heavy atom. The molecule has 1 fully saturated rings. The SMILES string of the molecule is COC(=O)c1ccccc1CC1CCN(Cc2ccc(C(=O)O)cc2)CC1. The molecule has 0 aliphatic carbocycles. The van der Waals surface area contributed by atoms with Gasteiger partial charge in [-0.2, -0.15) is 0 Å². The molecule has 1 heterocycles. The van der Waals surface area contributed by atoms with Gasteiger partial charge in [-0.3, -0.25) is 4.90 Å². The summed E-state index contributed by atoms with van der Waals surface area (Å²) in [5, 5.41) is 8.98. The van der Waals surface area contributed by atoms with Gasteiger partial charge in [0.2, 0.25) is 0 Å². The Labute approximate surface area is 159 Å². The van der Waals surface area contributed by atoms with Crippen LogP contribution in [0, 0.1) is 5.92 Å². The zero-order valence-corrected chi connectivity index (χ0v) is 15.6. The van der Waals surface area contributed by atoms with Gasteiger partial charge in [-0.1, -0.05) is 30.3 Å². The summed E-state index contributed by atoms with van der Waals surface area (Å²) in [6.45, 7) is 2.85. The normalized spacial score (nSPS) is 15.4. The number of likely N-dealkylation sites (tertiary alicyclic amines) is 1. The molecule has 0 saturated carbocycles. The molecule has 0 aromatic heterocycles. The highest BCUT2D eigenvalue weighted by molar-refractivity contribution is 5.91. The number of piperidine rings is 1. The number of esters is 1. The van der Waals surface area contributed by atoms with Crippen LogP contribution in [0.5, 0.6) is 0 Å². The summed E-state index contributed by atoms with van der Waals surface area (Å²) in [5.41, 5.74) is 3.18. The molecule has 0 unspecified atom stereocenters. The summed E-state index contributed by atoms with van der Waals surface area (Å²) in [5.74, 6) is -0.608. The summed E-state index contributed by atoms with van der Waals surface area (Å²) < 4.78 is 4.89. The van der Waals surface area contributed by atoms with Crippen molar-refractivity contribution in [1.82, 2.24) is 4.90 Å². The number of hydrogen-bond acceptors (Lipinski definition) is 4. The van der Waals surface area contributed by atoms with E-state index in [-0.39, 0.29) is 5.97 Å². The fraction of sp³-hybridized carbons (Fsp3) is 0.364. The number of carbonyl (C=O) groups excluding carboxylic acids is 1. The topological polar surface area (TPSA) is 66.8 Å². The molecule has 3 rings (SSSR count). The van der Waals surface area contributed by atoms with Gasteiger partial charge in [0.15, 0.2) is 0 Å². The standard InChI is InChI=1S/C22H25NO4/c1-27-22(26)20-5-3-2-4-19(20)14-16-10-12-23(13-11-16)15-17-6-8-18(9-7-17)21(24)25/h2-9,16H,10-15H2,1H3,(H,24,25). The van der Waals surface area contributed by atoms with Crippen molar-refractivity contribution in [2.24, 2.45) is 5.92 Å². The maximum Gasteiger partial charge on any atom is 0.338 e. The number of aromatic carboxylic acids is 1. The Kier molecular flexibility index (Phi) is 6.24. The van der Waals surface area contributed by atoms with E-state index in [1.54, 1.807) is 12.1 Å². The van der Waals surface area contributed by atoms with E-state index in [9.17, 15) is 9.59 Å². The molecule has 0 bridgehead atoms. The lowest BCUT2D eigenvalue weighted by molar-refractivity contribution is 0.0598. The third kappa shape index (κ3) is 4.95. The number of methoxy groups -OCH3 is 1. The van der Waals surface area contributed by atoms with Gasteiger partial charge < -0.3 is 9.84 Å². The first-order valence-electron chi connectivity index (χ1n) is 9.27. The number of nitrogens with zero attached hydrogens (tertiary/aromatic N) is 1. The van der Waals surface area contributed by atoms with Gasteiger partial charge in [0.25, 0.3) is 0 Å². The molecule has 0 amide bonds. The predicted molar refractivity (Wildman–Crippen MR) is 103 cm³/mol. The first-order chi connectivity index (χ1) is 13.1. The largest absolute Gasteiger partial charge is 0.478 e. The highest BCUT2D eigenvalue weighted by atomic mass is 16.5. The number of benzene rings is 2. The van der Waals surface area contributed by atoms with E-state index in [1.807, 2.05) is 36.4 Å². The van der Waals surface area contributed by atoms with Crippen LogP contribution in [0.3, 0.4) is 0 Å². The Balaban J connectivity index is 1.53. The Hall–Kier alpha value is -2.66. The van der Waals surface area contributed by atoms with E-state index in [0.29, 0.717) is 17.0 Å². The average Bonchev–Trinajstić information content (AvgIpc) is 2.70. The van der Waals surface area contributed by atoms with E-state index >= 15 is 0 Å². The fourth-order valence-electron chi connectivity index (χ4n) is 3.68. The van der Waals surface area contributed by atoms with Crippen LogP contribution >= 0.6 is 0 Å². The smallest absolute Gasteiger partial charge is 0.338 e. The summed E-state index contributed by atoms with van der Waals surface area (Å²) in [7, 11) is 1.42. The van der Waals surface area contributed by atoms with Gasteiger partial charge >= 0.3 is 11.9 Å². The number of ether oxygens (including phenoxy) is 1. The van der Waals surface area contributed by atoms with Crippen LogP contribution in [0.4, 0.5) is 0 Å². The quantitative estimate of drug-likeness (QED) is 0.790. The third-order valence-corrected chi connectivity index (χ3v) is 5.25. The van der Waals surface area contributed by atoms with Crippen molar-refractivity contribution in [3.8, 4) is 0 Å². The molecule has 5 heteroatoms. The molecule has 1 saturated heterocycles. The van der Waals surface area contributed by atoms with E-state index in [2.05, 4.69) is 4.90 Å². The second-order valence-corrected chi connectivity index (χ2v) is 7.07. The second kappa shape index (κ2) is 8.82. The Bertz CT molecular complexity index is 792. The number of carbonyl (C=O) groups is 2. The average molecular weight is 367 g/mol. The molecule has 0 spiro atoms. The molecule has 0 atom stereocenters. The molecule has 5 nitrogen and oxygen atoms in total. The van der Waals surface area contributed by atoms with Gasteiger partial charge in [-0.05, 0) is 67.6 Å². The molecule has 1 aliphatic rings. The fourth-order valence-corrected chi connectivity index (χ4v) is 3.68. The molecular formula is C22H25NO4. The van der Waals surface area contributed by atoms with Crippen LogP contribution in [-0.4, -0.2) is 42.1 Å². The van der Waals surface area contributed by atoms with E-state index in [0.717, 1.165) is 50.0 Å². The summed E-state index contributed by atoms with van der Waals surface area (Å²) in [4.78, 5) is 25.3. The number of rotatable bonds is 6. The zero-order chi connectivity index (χ0) is 19.2. The maximum absolute atomic E-state index is 11.9. The van der Waals surface area contributed by atoms with Crippen molar-refractivity contribution < 1.29 is 19.4 Å². The highest BCUT2D eigenvalue weighted by Gasteiger charge is 2.21. The van der Waals surface area contributed by atoms with Crippen molar-refractivity contribution in [1.29, 1.82) is 0 Å². The minimum atomic E-state index is -0.894. The van der Waals surface area contributed by atoms with Gasteiger partial charge in [-0.15, -0.1) is 0 Å². The molecule has 1 aliphatic heterocycles. The number of carboxylic acid groups (broad SMARTS) is 1. The van der Waals surface area contributed by atoms with Gasteiger partial charge in [0, 0.05) is 6.54 Å². The molecule has 2 aromatic rings. The molecule has 27 heavy (non-hydrogen) atoms. The monoisotopic (exact) mass is 367 g/mol. The Morgan fingerprint density at radius 1 is 1.07 bits per heavy atom. The Morgan fingerprint density at radius 2 is 1.74 bits per heavy atom. The lowest BCUT2D eigenvalue weighted by Gasteiger charge is -2.32. The summed E-state index contributed by atoms with van der Waals surface area (Å²) >= 11 is 0. The maximum atomic E-state index is 11.9. The first kappa shape index (κ1) is 19.1. The molecule has 142 valence electrons. The number of hydrogen-bond donors (Lipinski definition) is 1. The van der Waals surface area contributed by atoms with E-state index in [4.69, 9.17) is 9.84 Å². The minimum absolute atomic E-state index is 0.271. The third-order valence-electron chi connectivity index (χ3n) is 5.25. The zero-order valence-electron chi connectivity index (χ0n) is 15.6. The second-order valence-electron chi connectivity index (χ2n) is 7.07. The van der Waals surface area contributed by atoms with Crippen LogP contribution in [0.1, 0.15) is 44.7 Å². The van der Waals surface area contributed by atoms with Crippen molar-refractivity contribution in [2.45, 2.75) is 25.8 Å². The van der Waals surface area contributed by atoms with Crippen LogP contribution in [0.15, 0.2) is 48.5 Å². The van der Waals surface area contributed by atoms with Crippen molar-refractivity contribution in [2.75, 3.05) is 20.2 Å². The summed E-state index contributed by atoms with van der Waals surface area (Å²) in [6.07, 6.45) is 3.07. The van der Waals surface area contributed by atoms with Gasteiger partial charge in [0.1, 0.15) is 0 Å². The molecule has 0 radical (unpaired) electrons. The lowest BCUT2D eigenvalue weighted by atomic mass is 9.88.